The number of benzene rings is 1. The third-order valence-electron chi connectivity index (χ3n) is 9.34. The molecule has 2 atom stereocenters. The summed E-state index contributed by atoms with van der Waals surface area (Å²) < 4.78 is 21.6. The Morgan fingerprint density at radius 2 is 1.88 bits per heavy atom. The first-order valence-corrected chi connectivity index (χ1v) is 15.1. The van der Waals surface area contributed by atoms with E-state index in [4.69, 9.17) is 21.3 Å². The topological polar surface area (TPSA) is 92.7 Å². The van der Waals surface area contributed by atoms with Gasteiger partial charge in [0.1, 0.15) is 40.3 Å². The van der Waals surface area contributed by atoms with Crippen molar-refractivity contribution in [1.82, 2.24) is 24.6 Å². The van der Waals surface area contributed by atoms with Crippen molar-refractivity contribution >= 4 is 29.2 Å². The predicted octanol–water partition coefficient (Wildman–Crippen LogP) is 3.08. The number of phenolic OH excluding ortho intramolecular Hbond substituents is 1. The van der Waals surface area contributed by atoms with Crippen LogP contribution in [0.1, 0.15) is 30.6 Å². The maximum atomic E-state index is 15.3. The molecule has 2 aromatic rings. The lowest BCUT2D eigenvalue weighted by Gasteiger charge is -2.40. The largest absolute Gasteiger partial charge is 0.507 e. The summed E-state index contributed by atoms with van der Waals surface area (Å²) in [6, 6.07) is 3.83. The lowest BCUT2D eigenvalue weighted by molar-refractivity contribution is -0.128. The maximum Gasteiger partial charge on any atom is 0.261 e. The van der Waals surface area contributed by atoms with Crippen molar-refractivity contribution in [2.75, 3.05) is 70.9 Å². The number of pyridine rings is 1. The first-order valence-electron chi connectivity index (χ1n) is 14.8. The molecule has 230 valence electrons. The smallest absolute Gasteiger partial charge is 0.261 e. The van der Waals surface area contributed by atoms with Crippen molar-refractivity contribution in [3.63, 3.8) is 0 Å². The van der Waals surface area contributed by atoms with Crippen LogP contribution in [-0.2, 0) is 4.79 Å². The van der Waals surface area contributed by atoms with Gasteiger partial charge in [-0.05, 0) is 45.5 Å². The minimum Gasteiger partial charge on any atom is -0.507 e. The Hall–Kier alpha value is -3.41. The van der Waals surface area contributed by atoms with E-state index < -0.39 is 17.4 Å². The predicted molar refractivity (Wildman–Crippen MR) is 162 cm³/mol. The fraction of sp³-hybridized carbons (Fsp3) is 0.516. The molecule has 4 aliphatic heterocycles. The fourth-order valence-electron chi connectivity index (χ4n) is 6.90. The van der Waals surface area contributed by atoms with Crippen LogP contribution in [0.5, 0.6) is 11.5 Å². The monoisotopic (exact) mass is 612 g/mol. The van der Waals surface area contributed by atoms with E-state index in [-0.39, 0.29) is 64.4 Å². The summed E-state index contributed by atoms with van der Waals surface area (Å²) in [7, 11) is 2.13. The SMILES string of the molecule is C=CC(=O)N1CCN2C(=O)c3c(N4CC(N5CCN(C)CC5)CC4(C)C)nc(-c4c(O)cccc4F)c(Cl)c3OCC2C1. The number of hydrogen-bond donors (Lipinski definition) is 1. The van der Waals surface area contributed by atoms with Crippen molar-refractivity contribution < 1.29 is 23.8 Å². The van der Waals surface area contributed by atoms with Gasteiger partial charge in [-0.1, -0.05) is 24.2 Å². The molecule has 43 heavy (non-hydrogen) atoms. The number of likely N-dealkylation sites (N-methyl/N-ethyl adjacent to an activating group) is 1. The molecular weight excluding hydrogens is 575 g/mol. The number of carbonyl (C=O) groups excluding carboxylic acids is 2. The molecule has 3 fully saturated rings. The number of carbonyl (C=O) groups is 2. The van der Waals surface area contributed by atoms with E-state index in [1.807, 2.05) is 0 Å². The zero-order chi connectivity index (χ0) is 30.6. The van der Waals surface area contributed by atoms with Crippen LogP contribution in [0.2, 0.25) is 5.02 Å². The summed E-state index contributed by atoms with van der Waals surface area (Å²) in [5.74, 6) is -1.03. The lowest BCUT2D eigenvalue weighted by Crippen LogP contribution is -2.57. The Balaban J connectivity index is 1.47. The summed E-state index contributed by atoms with van der Waals surface area (Å²) in [6.45, 7) is 13.3. The summed E-state index contributed by atoms with van der Waals surface area (Å²) >= 11 is 6.91. The van der Waals surface area contributed by atoms with Gasteiger partial charge in [0.2, 0.25) is 5.91 Å². The molecule has 2 amide bonds. The minimum atomic E-state index is -0.688. The molecule has 10 nitrogen and oxygen atoms in total. The second-order valence-electron chi connectivity index (χ2n) is 12.5. The number of amides is 2. The molecule has 0 spiro atoms. The molecule has 1 aromatic carbocycles. The van der Waals surface area contributed by atoms with Gasteiger partial charge >= 0.3 is 0 Å². The third kappa shape index (κ3) is 5.21. The Labute approximate surface area is 256 Å². The lowest BCUT2D eigenvalue weighted by atomic mass is 9.98. The normalized spacial score (nSPS) is 24.3. The van der Waals surface area contributed by atoms with Gasteiger partial charge in [-0.2, -0.15) is 0 Å². The molecule has 5 heterocycles. The first kappa shape index (κ1) is 29.7. The first-order chi connectivity index (χ1) is 20.5. The van der Waals surface area contributed by atoms with Crippen molar-refractivity contribution in [2.45, 2.75) is 37.9 Å². The van der Waals surface area contributed by atoms with E-state index in [0.29, 0.717) is 25.5 Å². The minimum absolute atomic E-state index is 0.0148. The third-order valence-corrected chi connectivity index (χ3v) is 9.69. The number of piperazine rings is 2. The molecule has 2 unspecified atom stereocenters. The molecule has 1 N–H and O–H groups in total. The molecular formula is C31H38ClFN6O4. The number of nitrogens with zero attached hydrogens (tertiary/aromatic N) is 6. The van der Waals surface area contributed by atoms with Gasteiger partial charge in [0.05, 0.1) is 11.6 Å². The number of aromatic hydroxyl groups is 1. The van der Waals surface area contributed by atoms with Crippen LogP contribution in [-0.4, -0.2) is 125 Å². The molecule has 0 saturated carbocycles. The van der Waals surface area contributed by atoms with Crippen LogP contribution in [0.15, 0.2) is 30.9 Å². The number of rotatable bonds is 4. The van der Waals surface area contributed by atoms with Gasteiger partial charge in [0.15, 0.2) is 5.75 Å². The summed E-state index contributed by atoms with van der Waals surface area (Å²) in [5, 5.41) is 10.7. The number of anilines is 1. The molecule has 0 aliphatic carbocycles. The van der Waals surface area contributed by atoms with Gasteiger partial charge in [-0.15, -0.1) is 0 Å². The van der Waals surface area contributed by atoms with E-state index in [9.17, 15) is 14.7 Å². The number of phenols is 1. The van der Waals surface area contributed by atoms with Crippen molar-refractivity contribution in [2.24, 2.45) is 0 Å². The summed E-state index contributed by atoms with van der Waals surface area (Å²) in [4.78, 5) is 42.0. The summed E-state index contributed by atoms with van der Waals surface area (Å²) in [6.07, 6.45) is 2.11. The highest BCUT2D eigenvalue weighted by Gasteiger charge is 2.47. The average molecular weight is 613 g/mol. The molecule has 0 bridgehead atoms. The Morgan fingerprint density at radius 1 is 1.14 bits per heavy atom. The van der Waals surface area contributed by atoms with Gasteiger partial charge < -0.3 is 29.4 Å². The van der Waals surface area contributed by atoms with Gasteiger partial charge in [-0.25, -0.2) is 9.37 Å². The van der Waals surface area contributed by atoms with Crippen molar-refractivity contribution in [3.8, 4) is 22.8 Å². The highest BCUT2D eigenvalue weighted by Crippen LogP contribution is 2.48. The van der Waals surface area contributed by atoms with Gasteiger partial charge in [0.25, 0.3) is 5.91 Å². The Morgan fingerprint density at radius 3 is 2.58 bits per heavy atom. The van der Waals surface area contributed by atoms with E-state index in [0.717, 1.165) is 32.6 Å². The van der Waals surface area contributed by atoms with Crippen LogP contribution in [0.3, 0.4) is 0 Å². The molecule has 4 aliphatic rings. The molecule has 12 heteroatoms. The summed E-state index contributed by atoms with van der Waals surface area (Å²) in [5.41, 5.74) is -0.313. The molecule has 3 saturated heterocycles. The van der Waals surface area contributed by atoms with Gasteiger partial charge in [0, 0.05) is 63.9 Å². The second-order valence-corrected chi connectivity index (χ2v) is 12.9. The number of aromatic nitrogens is 1. The van der Waals surface area contributed by atoms with Crippen LogP contribution in [0.4, 0.5) is 10.2 Å². The average Bonchev–Trinajstić information content (AvgIpc) is 3.22. The molecule has 1 aromatic heterocycles. The standard InChI is InChI=1S/C31H38ClFN6O4/c1-5-23(41)37-13-14-38-20(16-37)18-43-28-25(30(38)42)29(34-27(26(28)32)24-21(33)7-6-8-22(24)40)39-17-19(15-31(39,2)3)36-11-9-35(4)10-12-36/h5-8,19-20,40H,1,9-18H2,2-4H3. The quantitative estimate of drug-likeness (QED) is 0.527. The van der Waals surface area contributed by atoms with Crippen molar-refractivity contribution in [3.05, 3.63) is 47.3 Å². The van der Waals surface area contributed by atoms with Crippen LogP contribution in [0.25, 0.3) is 11.3 Å². The second kappa shape index (κ2) is 11.3. The van der Waals surface area contributed by atoms with E-state index in [1.54, 1.807) is 9.80 Å². The number of fused-ring (bicyclic) bond motifs is 2. The van der Waals surface area contributed by atoms with Crippen molar-refractivity contribution in [1.29, 1.82) is 0 Å². The van der Waals surface area contributed by atoms with E-state index >= 15 is 4.39 Å². The van der Waals surface area contributed by atoms with Crippen LogP contribution < -0.4 is 9.64 Å². The fourth-order valence-corrected chi connectivity index (χ4v) is 7.18. The zero-order valence-corrected chi connectivity index (χ0v) is 25.6. The van der Waals surface area contributed by atoms with E-state index in [1.165, 1.54) is 24.3 Å². The molecule has 6 rings (SSSR count). The number of ether oxygens (including phenoxy) is 1. The Kier molecular flexibility index (Phi) is 7.76. The molecule has 0 radical (unpaired) electrons. The number of hydrogen-bond acceptors (Lipinski definition) is 8. The maximum absolute atomic E-state index is 15.3. The highest BCUT2D eigenvalue weighted by atomic mass is 35.5. The van der Waals surface area contributed by atoms with Crippen LogP contribution in [0, 0.1) is 5.82 Å². The Bertz CT molecular complexity index is 1440. The zero-order valence-electron chi connectivity index (χ0n) is 24.9. The van der Waals surface area contributed by atoms with Crippen LogP contribution >= 0.6 is 11.6 Å². The van der Waals surface area contributed by atoms with Gasteiger partial charge in [-0.3, -0.25) is 14.5 Å². The highest BCUT2D eigenvalue weighted by molar-refractivity contribution is 6.35. The number of halogens is 2. The van der Waals surface area contributed by atoms with E-state index in [2.05, 4.69) is 42.2 Å².